The number of aryl methyl sites for hydroxylation is 2. The van der Waals surface area contributed by atoms with Gasteiger partial charge in [0, 0.05) is 20.9 Å². The third kappa shape index (κ3) is 2.52. The van der Waals surface area contributed by atoms with E-state index in [-0.39, 0.29) is 5.91 Å². The van der Waals surface area contributed by atoms with Crippen molar-refractivity contribution in [3.05, 3.63) is 70.7 Å². The number of rotatable bonds is 1. The van der Waals surface area contributed by atoms with Crippen LogP contribution in [0.3, 0.4) is 0 Å². The van der Waals surface area contributed by atoms with Gasteiger partial charge < -0.3 is 5.73 Å². The molecule has 6 rings (SSSR count). The number of pyridine rings is 1. The van der Waals surface area contributed by atoms with E-state index in [9.17, 15) is 4.79 Å². The molecule has 2 aromatic carbocycles. The first-order valence-corrected chi connectivity index (χ1v) is 11.2. The molecule has 142 valence electrons. The molecule has 4 nitrogen and oxygen atoms in total. The van der Waals surface area contributed by atoms with Crippen LogP contribution in [-0.2, 0) is 12.8 Å². The van der Waals surface area contributed by atoms with Gasteiger partial charge in [-0.2, -0.15) is 0 Å². The van der Waals surface area contributed by atoms with Crippen LogP contribution < -0.4 is 10.6 Å². The Balaban J connectivity index is 1.53. The van der Waals surface area contributed by atoms with Gasteiger partial charge in [0.15, 0.2) is 0 Å². The van der Waals surface area contributed by atoms with Crippen LogP contribution >= 0.6 is 23.1 Å². The van der Waals surface area contributed by atoms with Crippen molar-refractivity contribution in [1.29, 1.82) is 0 Å². The predicted molar refractivity (Wildman–Crippen MR) is 120 cm³/mol. The Labute approximate surface area is 176 Å². The first-order chi connectivity index (χ1) is 14.2. The number of nitrogen functional groups attached to an aromatic ring is 1. The molecule has 0 bridgehead atoms. The summed E-state index contributed by atoms with van der Waals surface area (Å²) >= 11 is 3.10. The van der Waals surface area contributed by atoms with Crippen LogP contribution in [0.5, 0.6) is 0 Å². The maximum Gasteiger partial charge on any atom is 0.275 e. The van der Waals surface area contributed by atoms with Crippen molar-refractivity contribution >= 4 is 56.3 Å². The summed E-state index contributed by atoms with van der Waals surface area (Å²) in [6.45, 7) is 0. The highest BCUT2D eigenvalue weighted by molar-refractivity contribution is 7.99. The van der Waals surface area contributed by atoms with Gasteiger partial charge in [0.2, 0.25) is 0 Å². The van der Waals surface area contributed by atoms with E-state index in [0.29, 0.717) is 10.6 Å². The molecule has 0 spiro atoms. The number of anilines is 3. The normalized spacial score (nSPS) is 14.6. The zero-order valence-corrected chi connectivity index (χ0v) is 17.1. The number of carbonyl (C=O) groups excluding carboxylic acids is 1. The first kappa shape index (κ1) is 17.1. The van der Waals surface area contributed by atoms with E-state index in [4.69, 9.17) is 10.7 Å². The smallest absolute Gasteiger partial charge is 0.275 e. The lowest BCUT2D eigenvalue weighted by Gasteiger charge is -2.30. The van der Waals surface area contributed by atoms with Gasteiger partial charge in [0.05, 0.1) is 17.1 Å². The van der Waals surface area contributed by atoms with Crippen molar-refractivity contribution in [2.45, 2.75) is 29.1 Å². The number of hydrogen-bond acceptors (Lipinski definition) is 5. The molecule has 0 saturated carbocycles. The lowest BCUT2D eigenvalue weighted by Crippen LogP contribution is -2.28. The van der Waals surface area contributed by atoms with Crippen molar-refractivity contribution in [3.8, 4) is 0 Å². The molecule has 2 aromatic heterocycles. The van der Waals surface area contributed by atoms with Crippen LogP contribution in [0.15, 0.2) is 64.4 Å². The van der Waals surface area contributed by atoms with Crippen molar-refractivity contribution in [1.82, 2.24) is 4.98 Å². The number of thiophene rings is 1. The summed E-state index contributed by atoms with van der Waals surface area (Å²) in [5.74, 6) is -0.0918. The fourth-order valence-electron chi connectivity index (χ4n) is 4.18. The summed E-state index contributed by atoms with van der Waals surface area (Å²) in [6.07, 6.45) is 3.20. The highest BCUT2D eigenvalue weighted by Gasteiger charge is 2.31. The summed E-state index contributed by atoms with van der Waals surface area (Å²) in [5.41, 5.74) is 11.3. The molecule has 2 aliphatic rings. The number of nitrogens with two attached hydrogens (primary N) is 1. The van der Waals surface area contributed by atoms with Gasteiger partial charge in [0.1, 0.15) is 9.71 Å². The molecule has 2 N–H and O–H groups in total. The number of carbonyl (C=O) groups is 1. The molecule has 3 heterocycles. The lowest BCUT2D eigenvalue weighted by molar-refractivity contribution is 0.100. The van der Waals surface area contributed by atoms with Crippen molar-refractivity contribution in [3.63, 3.8) is 0 Å². The Hall–Kier alpha value is -2.83. The van der Waals surface area contributed by atoms with Crippen LogP contribution in [0, 0.1) is 0 Å². The van der Waals surface area contributed by atoms with Gasteiger partial charge in [-0.15, -0.1) is 11.3 Å². The van der Waals surface area contributed by atoms with E-state index in [1.807, 2.05) is 36.4 Å². The van der Waals surface area contributed by atoms with E-state index >= 15 is 0 Å². The Kier molecular flexibility index (Phi) is 3.73. The molecule has 0 fully saturated rings. The molecule has 4 aromatic rings. The van der Waals surface area contributed by atoms with Gasteiger partial charge in [-0.3, -0.25) is 9.69 Å². The second-order valence-corrected chi connectivity index (χ2v) is 9.41. The van der Waals surface area contributed by atoms with E-state index < -0.39 is 0 Å². The molecule has 0 radical (unpaired) electrons. The monoisotopic (exact) mass is 415 g/mol. The molecule has 0 unspecified atom stereocenters. The third-order valence-electron chi connectivity index (χ3n) is 5.58. The van der Waals surface area contributed by atoms with Gasteiger partial charge in [-0.1, -0.05) is 36.0 Å². The summed E-state index contributed by atoms with van der Waals surface area (Å²) < 4.78 is 0. The second kappa shape index (κ2) is 6.34. The molecule has 1 amide bonds. The second-order valence-electron chi connectivity index (χ2n) is 7.32. The van der Waals surface area contributed by atoms with Crippen molar-refractivity contribution < 1.29 is 4.79 Å². The third-order valence-corrected chi connectivity index (χ3v) is 7.81. The zero-order valence-electron chi connectivity index (χ0n) is 15.5. The molecular weight excluding hydrogens is 398 g/mol. The zero-order chi connectivity index (χ0) is 19.5. The lowest BCUT2D eigenvalue weighted by atomic mass is 10.1. The van der Waals surface area contributed by atoms with E-state index in [2.05, 4.69) is 18.2 Å². The molecule has 1 aliphatic heterocycles. The molecule has 0 atom stereocenters. The summed E-state index contributed by atoms with van der Waals surface area (Å²) in [6, 6.07) is 18.2. The minimum absolute atomic E-state index is 0.0918. The molecule has 1 aliphatic carbocycles. The van der Waals surface area contributed by atoms with Crippen LogP contribution in [0.1, 0.15) is 27.3 Å². The van der Waals surface area contributed by atoms with Gasteiger partial charge >= 0.3 is 0 Å². The van der Waals surface area contributed by atoms with Crippen molar-refractivity contribution in [2.24, 2.45) is 0 Å². The number of nitrogens with zero attached hydrogens (tertiary/aromatic N) is 2. The molecule has 0 saturated heterocycles. The molecular formula is C23H17N3OS2. The Morgan fingerprint density at radius 3 is 2.41 bits per heavy atom. The standard InChI is InChI=1S/C23H17N3OS2/c24-20-14-12-13-6-5-7-15(13)25-22(14)29-21(20)23(27)26-16-8-1-3-10-18(16)28-19-11-4-2-9-17(19)26/h1-4,8-12H,5-7,24H2. The summed E-state index contributed by atoms with van der Waals surface area (Å²) in [7, 11) is 0. The quantitative estimate of drug-likeness (QED) is 0.426. The minimum Gasteiger partial charge on any atom is -0.397 e. The van der Waals surface area contributed by atoms with Gasteiger partial charge in [-0.25, -0.2) is 4.98 Å². The van der Waals surface area contributed by atoms with E-state index in [1.165, 1.54) is 16.9 Å². The SMILES string of the molecule is Nc1c(C(=O)N2c3ccccc3Sc3ccccc32)sc2nc3c(cc12)CCC3. The Morgan fingerprint density at radius 2 is 1.69 bits per heavy atom. The van der Waals surface area contributed by atoms with Crippen LogP contribution in [0.4, 0.5) is 17.1 Å². The van der Waals surface area contributed by atoms with Crippen LogP contribution in [0.2, 0.25) is 0 Å². The Bertz CT molecular complexity index is 1270. The first-order valence-electron chi connectivity index (χ1n) is 9.62. The average Bonchev–Trinajstić information content (AvgIpc) is 3.34. The number of hydrogen-bond donors (Lipinski definition) is 1. The topological polar surface area (TPSA) is 59.2 Å². The Morgan fingerprint density at radius 1 is 1.00 bits per heavy atom. The van der Waals surface area contributed by atoms with Gasteiger partial charge in [0.25, 0.3) is 5.91 Å². The van der Waals surface area contributed by atoms with E-state index in [0.717, 1.165) is 56.3 Å². The predicted octanol–water partition coefficient (Wildman–Crippen LogP) is 5.81. The average molecular weight is 416 g/mol. The van der Waals surface area contributed by atoms with E-state index in [1.54, 1.807) is 16.7 Å². The number of fused-ring (bicyclic) bond motifs is 4. The fraction of sp³-hybridized carbons (Fsp3) is 0.130. The molecule has 29 heavy (non-hydrogen) atoms. The maximum absolute atomic E-state index is 13.8. The summed E-state index contributed by atoms with van der Waals surface area (Å²) in [4.78, 5) is 24.0. The fourth-order valence-corrected chi connectivity index (χ4v) is 6.27. The highest BCUT2D eigenvalue weighted by Crippen LogP contribution is 2.49. The largest absolute Gasteiger partial charge is 0.397 e. The molecule has 6 heteroatoms. The highest BCUT2D eigenvalue weighted by atomic mass is 32.2. The van der Waals surface area contributed by atoms with Crippen LogP contribution in [0.25, 0.3) is 10.2 Å². The minimum atomic E-state index is -0.0918. The number of benzene rings is 2. The number of para-hydroxylation sites is 2. The maximum atomic E-state index is 13.8. The van der Waals surface area contributed by atoms with Crippen LogP contribution in [-0.4, -0.2) is 10.9 Å². The summed E-state index contributed by atoms with van der Waals surface area (Å²) in [5, 5.41) is 0.909. The van der Waals surface area contributed by atoms with Gasteiger partial charge in [-0.05, 0) is 55.2 Å². The number of aromatic nitrogens is 1. The number of amides is 1. The van der Waals surface area contributed by atoms with Crippen molar-refractivity contribution in [2.75, 3.05) is 10.6 Å².